The van der Waals surface area contributed by atoms with Crippen LogP contribution in [-0.2, 0) is 0 Å². The van der Waals surface area contributed by atoms with Gasteiger partial charge >= 0.3 is 0 Å². The second-order valence-electron chi connectivity index (χ2n) is 4.21. The van der Waals surface area contributed by atoms with Crippen LogP contribution in [0.2, 0.25) is 0 Å². The van der Waals surface area contributed by atoms with Gasteiger partial charge in [-0.05, 0) is 39.9 Å². The fourth-order valence-electron chi connectivity index (χ4n) is 1.94. The first-order valence-corrected chi connectivity index (χ1v) is 5.16. The first kappa shape index (κ1) is 9.52. The molecule has 0 saturated carbocycles. The van der Waals surface area contributed by atoms with Crippen LogP contribution in [0, 0.1) is 6.92 Å². The molecule has 78 valence electrons. The fraction of sp³-hybridized carbons (Fsp3) is 0.700. The van der Waals surface area contributed by atoms with Crippen molar-refractivity contribution in [2.24, 2.45) is 0 Å². The van der Waals surface area contributed by atoms with Crippen LogP contribution in [-0.4, -0.2) is 34.8 Å². The summed E-state index contributed by atoms with van der Waals surface area (Å²) in [6.45, 7) is 4.32. The maximum atomic E-state index is 5.73. The zero-order chi connectivity index (χ0) is 10.1. The van der Waals surface area contributed by atoms with Gasteiger partial charge in [-0.25, -0.2) is 0 Å². The molecule has 2 rings (SSSR count). The van der Waals surface area contributed by atoms with Gasteiger partial charge in [-0.15, -0.1) is 0 Å². The molecule has 0 bridgehead atoms. The lowest BCUT2D eigenvalue weighted by Gasteiger charge is -2.28. The van der Waals surface area contributed by atoms with Crippen molar-refractivity contribution in [2.45, 2.75) is 25.8 Å². The van der Waals surface area contributed by atoms with E-state index in [1.54, 1.807) is 0 Å². The van der Waals surface area contributed by atoms with Gasteiger partial charge in [0.1, 0.15) is 5.82 Å². The summed E-state index contributed by atoms with van der Waals surface area (Å²) in [6.07, 6.45) is 4.42. The van der Waals surface area contributed by atoms with Gasteiger partial charge < -0.3 is 10.6 Å². The van der Waals surface area contributed by atoms with Crippen LogP contribution in [0.1, 0.15) is 24.4 Å². The normalized spacial score (nSPS) is 20.1. The number of nitrogens with zero attached hydrogens (tertiary/aromatic N) is 3. The molecule has 1 aromatic heterocycles. The summed E-state index contributed by atoms with van der Waals surface area (Å²) in [5, 5.41) is 4.33. The number of rotatable bonds is 1. The molecule has 0 amide bonds. The van der Waals surface area contributed by atoms with Crippen molar-refractivity contribution < 1.29 is 0 Å². The molecule has 4 nitrogen and oxygen atoms in total. The fourth-order valence-corrected chi connectivity index (χ4v) is 1.94. The summed E-state index contributed by atoms with van der Waals surface area (Å²) >= 11 is 0. The molecule has 0 aliphatic carbocycles. The summed E-state index contributed by atoms with van der Waals surface area (Å²) in [7, 11) is 2.17. The zero-order valence-corrected chi connectivity index (χ0v) is 8.90. The molecule has 2 N–H and O–H groups in total. The van der Waals surface area contributed by atoms with Crippen LogP contribution in [0.5, 0.6) is 0 Å². The Morgan fingerprint density at radius 1 is 1.43 bits per heavy atom. The largest absolute Gasteiger partial charge is 0.382 e. The van der Waals surface area contributed by atoms with Gasteiger partial charge in [-0.1, -0.05) is 0 Å². The van der Waals surface area contributed by atoms with Gasteiger partial charge in [-0.3, -0.25) is 4.68 Å². The number of aromatic nitrogens is 2. The van der Waals surface area contributed by atoms with E-state index >= 15 is 0 Å². The highest BCUT2D eigenvalue weighted by atomic mass is 15.3. The molecule has 0 unspecified atom stereocenters. The summed E-state index contributed by atoms with van der Waals surface area (Å²) in [4.78, 5) is 2.36. The average Bonchev–Trinajstić information content (AvgIpc) is 2.48. The Balaban J connectivity index is 2.08. The van der Waals surface area contributed by atoms with Crippen LogP contribution >= 0.6 is 0 Å². The van der Waals surface area contributed by atoms with Gasteiger partial charge in [0.25, 0.3) is 0 Å². The molecule has 1 fully saturated rings. The Bertz CT molecular complexity index is 290. The van der Waals surface area contributed by atoms with Crippen LogP contribution in [0.4, 0.5) is 5.82 Å². The zero-order valence-electron chi connectivity index (χ0n) is 8.90. The molecule has 0 spiro atoms. The Hall–Kier alpha value is -1.03. The maximum Gasteiger partial charge on any atom is 0.148 e. The molecule has 1 aliphatic rings. The van der Waals surface area contributed by atoms with Crippen LogP contribution in [0.15, 0.2) is 6.20 Å². The highest BCUT2D eigenvalue weighted by molar-refractivity contribution is 5.35. The third-order valence-electron chi connectivity index (χ3n) is 3.02. The maximum absolute atomic E-state index is 5.73. The quantitative estimate of drug-likeness (QED) is 0.726. The number of piperidine rings is 1. The van der Waals surface area contributed by atoms with E-state index in [2.05, 4.69) is 23.2 Å². The second kappa shape index (κ2) is 3.61. The van der Waals surface area contributed by atoms with Crippen molar-refractivity contribution in [3.8, 4) is 0 Å². The van der Waals surface area contributed by atoms with Gasteiger partial charge in [0, 0.05) is 11.8 Å². The molecule has 4 heteroatoms. The highest BCUT2D eigenvalue weighted by Crippen LogP contribution is 2.22. The number of nitrogens with two attached hydrogens (primary N) is 1. The number of hydrogen-bond donors (Lipinski definition) is 1. The summed E-state index contributed by atoms with van der Waals surface area (Å²) in [5.41, 5.74) is 6.82. The first-order chi connectivity index (χ1) is 6.66. The summed E-state index contributed by atoms with van der Waals surface area (Å²) < 4.78 is 2.04. The predicted molar refractivity (Wildman–Crippen MR) is 57.1 cm³/mol. The molecule has 0 atom stereocenters. The van der Waals surface area contributed by atoms with Crippen molar-refractivity contribution >= 4 is 5.82 Å². The highest BCUT2D eigenvalue weighted by Gasteiger charge is 2.19. The Morgan fingerprint density at radius 2 is 2.07 bits per heavy atom. The molecule has 0 aromatic carbocycles. The topological polar surface area (TPSA) is 47.1 Å². The van der Waals surface area contributed by atoms with Gasteiger partial charge in [-0.2, -0.15) is 5.10 Å². The van der Waals surface area contributed by atoms with Gasteiger partial charge in [0.05, 0.1) is 6.04 Å². The van der Waals surface area contributed by atoms with E-state index in [1.807, 2.05) is 11.6 Å². The van der Waals surface area contributed by atoms with Gasteiger partial charge in [0.2, 0.25) is 0 Å². The van der Waals surface area contributed by atoms with E-state index in [0.29, 0.717) is 11.9 Å². The number of likely N-dealkylation sites (tertiary alicyclic amines) is 1. The molecule has 2 heterocycles. The molecular formula is C10H18N4. The lowest BCUT2D eigenvalue weighted by atomic mass is 10.1. The standard InChI is InChI=1S/C10H18N4/c1-8-7-14(12-10(8)11)9-3-5-13(2)6-4-9/h7,9H,3-6H2,1-2H3,(H2,11,12). The lowest BCUT2D eigenvalue weighted by molar-refractivity contribution is 0.212. The predicted octanol–water partition coefficient (Wildman–Crippen LogP) is 1.04. The number of anilines is 1. The molecule has 1 aromatic rings. The van der Waals surface area contributed by atoms with E-state index in [4.69, 9.17) is 5.73 Å². The van der Waals surface area contributed by atoms with Gasteiger partial charge in [0.15, 0.2) is 0 Å². The number of nitrogen functional groups attached to an aromatic ring is 1. The minimum Gasteiger partial charge on any atom is -0.382 e. The third-order valence-corrected chi connectivity index (χ3v) is 3.02. The van der Waals surface area contributed by atoms with E-state index in [-0.39, 0.29) is 0 Å². The molecule has 1 saturated heterocycles. The number of hydrogen-bond acceptors (Lipinski definition) is 3. The summed E-state index contributed by atoms with van der Waals surface area (Å²) in [5.74, 6) is 0.670. The summed E-state index contributed by atoms with van der Waals surface area (Å²) in [6, 6.07) is 0.544. The lowest BCUT2D eigenvalue weighted by Crippen LogP contribution is -2.31. The monoisotopic (exact) mass is 194 g/mol. The van der Waals surface area contributed by atoms with E-state index in [1.165, 1.54) is 12.8 Å². The molecule has 14 heavy (non-hydrogen) atoms. The van der Waals surface area contributed by atoms with E-state index in [9.17, 15) is 0 Å². The van der Waals surface area contributed by atoms with Crippen LogP contribution < -0.4 is 5.73 Å². The van der Waals surface area contributed by atoms with Crippen LogP contribution in [0.25, 0.3) is 0 Å². The van der Waals surface area contributed by atoms with Crippen molar-refractivity contribution in [3.63, 3.8) is 0 Å². The Kier molecular flexibility index (Phi) is 2.46. The molecular weight excluding hydrogens is 176 g/mol. The smallest absolute Gasteiger partial charge is 0.148 e. The van der Waals surface area contributed by atoms with Crippen molar-refractivity contribution in [1.29, 1.82) is 0 Å². The minimum atomic E-state index is 0.544. The third kappa shape index (κ3) is 1.75. The van der Waals surface area contributed by atoms with Crippen LogP contribution in [0.3, 0.4) is 0 Å². The molecule has 0 radical (unpaired) electrons. The number of aryl methyl sites for hydroxylation is 1. The Morgan fingerprint density at radius 3 is 2.57 bits per heavy atom. The first-order valence-electron chi connectivity index (χ1n) is 5.16. The second-order valence-corrected chi connectivity index (χ2v) is 4.21. The molecule has 1 aliphatic heterocycles. The van der Waals surface area contributed by atoms with E-state index in [0.717, 1.165) is 18.7 Å². The SMILES string of the molecule is Cc1cn(C2CCN(C)CC2)nc1N. The van der Waals surface area contributed by atoms with E-state index < -0.39 is 0 Å². The van der Waals surface area contributed by atoms with Crippen molar-refractivity contribution in [2.75, 3.05) is 25.9 Å². The Labute approximate surface area is 84.7 Å². The van der Waals surface area contributed by atoms with Crippen molar-refractivity contribution in [1.82, 2.24) is 14.7 Å². The average molecular weight is 194 g/mol. The van der Waals surface area contributed by atoms with Crippen molar-refractivity contribution in [3.05, 3.63) is 11.8 Å². The minimum absolute atomic E-state index is 0.544.